The Kier molecular flexibility index (Phi) is 5.83. The van der Waals surface area contributed by atoms with E-state index in [4.69, 9.17) is 9.47 Å². The SMILES string of the molecule is COC(=O)C1Cc2ccccc2N1C(=O)c1ccc(C)c(S(=O)(=O)N2CCOCC2)c1. The molecule has 31 heavy (non-hydrogen) atoms. The van der Waals surface area contributed by atoms with Crippen molar-refractivity contribution in [1.82, 2.24) is 4.31 Å². The van der Waals surface area contributed by atoms with Gasteiger partial charge in [-0.3, -0.25) is 9.69 Å². The van der Waals surface area contributed by atoms with Gasteiger partial charge in [-0.1, -0.05) is 24.3 Å². The third-order valence-electron chi connectivity index (χ3n) is 5.69. The number of fused-ring (bicyclic) bond motifs is 1. The van der Waals surface area contributed by atoms with Gasteiger partial charge in [-0.05, 0) is 36.2 Å². The Hall–Kier alpha value is -2.75. The largest absolute Gasteiger partial charge is 0.467 e. The molecule has 1 atom stereocenters. The minimum Gasteiger partial charge on any atom is -0.467 e. The molecule has 9 heteroatoms. The summed E-state index contributed by atoms with van der Waals surface area (Å²) in [6.45, 7) is 2.91. The quantitative estimate of drug-likeness (QED) is 0.668. The highest BCUT2D eigenvalue weighted by Gasteiger charge is 2.40. The van der Waals surface area contributed by atoms with Crippen LogP contribution in [0.2, 0.25) is 0 Å². The Balaban J connectivity index is 1.73. The molecule has 0 aliphatic carbocycles. The number of ether oxygens (including phenoxy) is 2. The molecule has 1 amide bonds. The number of aryl methyl sites for hydroxylation is 1. The number of methoxy groups -OCH3 is 1. The van der Waals surface area contributed by atoms with Gasteiger partial charge in [0, 0.05) is 30.8 Å². The summed E-state index contributed by atoms with van der Waals surface area (Å²) in [5.41, 5.74) is 2.23. The molecule has 8 nitrogen and oxygen atoms in total. The molecule has 4 rings (SSSR count). The van der Waals surface area contributed by atoms with Gasteiger partial charge in [0.05, 0.1) is 25.2 Å². The number of para-hydroxylation sites is 1. The molecular weight excluding hydrogens is 420 g/mol. The summed E-state index contributed by atoms with van der Waals surface area (Å²) in [6.07, 6.45) is 0.347. The zero-order valence-electron chi connectivity index (χ0n) is 17.4. The van der Waals surface area contributed by atoms with Gasteiger partial charge in [-0.2, -0.15) is 4.31 Å². The van der Waals surface area contributed by atoms with Gasteiger partial charge >= 0.3 is 5.97 Å². The van der Waals surface area contributed by atoms with E-state index in [1.54, 1.807) is 31.2 Å². The molecule has 2 aromatic carbocycles. The summed E-state index contributed by atoms with van der Waals surface area (Å²) >= 11 is 0. The average Bonchev–Trinajstić information content (AvgIpc) is 3.18. The molecule has 0 N–H and O–H groups in total. The number of morpholine rings is 1. The van der Waals surface area contributed by atoms with Gasteiger partial charge in [-0.15, -0.1) is 0 Å². The maximum Gasteiger partial charge on any atom is 0.329 e. The first kappa shape index (κ1) is 21.5. The molecule has 0 radical (unpaired) electrons. The second kappa shape index (κ2) is 8.41. The Bertz CT molecular complexity index is 1120. The Morgan fingerprint density at radius 3 is 2.52 bits per heavy atom. The van der Waals surface area contributed by atoms with Crippen LogP contribution in [0.4, 0.5) is 5.69 Å². The van der Waals surface area contributed by atoms with Gasteiger partial charge in [0.2, 0.25) is 10.0 Å². The van der Waals surface area contributed by atoms with Crippen molar-refractivity contribution in [2.75, 3.05) is 38.3 Å². The first-order chi connectivity index (χ1) is 14.8. The average molecular weight is 445 g/mol. The first-order valence-electron chi connectivity index (χ1n) is 10.0. The summed E-state index contributed by atoms with van der Waals surface area (Å²) in [7, 11) is -2.49. The van der Waals surface area contributed by atoms with E-state index in [9.17, 15) is 18.0 Å². The standard InChI is InChI=1S/C22H24N2O6S/c1-15-7-8-17(14-20(15)31(27,28)23-9-11-30-12-10-23)21(25)24-18-6-4-3-5-16(18)13-19(24)22(26)29-2/h3-8,14,19H,9-13H2,1-2H3. The Morgan fingerprint density at radius 1 is 1.10 bits per heavy atom. The van der Waals surface area contributed by atoms with Gasteiger partial charge in [0.25, 0.3) is 5.91 Å². The molecule has 1 unspecified atom stereocenters. The van der Waals surface area contributed by atoms with Crippen LogP contribution in [0.1, 0.15) is 21.5 Å². The summed E-state index contributed by atoms with van der Waals surface area (Å²) in [6, 6.07) is 11.1. The molecule has 2 heterocycles. The summed E-state index contributed by atoms with van der Waals surface area (Å²) < 4.78 is 37.9. The smallest absolute Gasteiger partial charge is 0.329 e. The van der Waals surface area contributed by atoms with Crippen LogP contribution in [-0.4, -0.2) is 64.1 Å². The molecule has 164 valence electrons. The maximum atomic E-state index is 13.5. The molecule has 0 aromatic heterocycles. The van der Waals surface area contributed by atoms with E-state index in [-0.39, 0.29) is 23.5 Å². The summed E-state index contributed by atoms with van der Waals surface area (Å²) in [4.78, 5) is 27.4. The molecule has 2 aromatic rings. The fourth-order valence-corrected chi connectivity index (χ4v) is 5.70. The fourth-order valence-electron chi connectivity index (χ4n) is 4.04. The van der Waals surface area contributed by atoms with Crippen LogP contribution >= 0.6 is 0 Å². The molecule has 1 fully saturated rings. The number of hydrogen-bond acceptors (Lipinski definition) is 6. The number of carbonyl (C=O) groups excluding carboxylic acids is 2. The number of nitrogens with zero attached hydrogens (tertiary/aromatic N) is 2. The van der Waals surface area contributed by atoms with E-state index in [2.05, 4.69) is 0 Å². The first-order valence-corrected chi connectivity index (χ1v) is 11.5. The fraction of sp³-hybridized carbons (Fsp3) is 0.364. The lowest BCUT2D eigenvalue weighted by molar-refractivity contribution is -0.141. The number of anilines is 1. The van der Waals surface area contributed by atoms with Crippen LogP contribution in [0.3, 0.4) is 0 Å². The molecule has 1 saturated heterocycles. The molecule has 2 aliphatic heterocycles. The van der Waals surface area contributed by atoms with Crippen molar-refractivity contribution in [3.8, 4) is 0 Å². The van der Waals surface area contributed by atoms with E-state index in [0.717, 1.165) is 5.56 Å². The second-order valence-electron chi connectivity index (χ2n) is 7.54. The van der Waals surface area contributed by atoms with Crippen molar-refractivity contribution in [2.45, 2.75) is 24.3 Å². The van der Waals surface area contributed by atoms with E-state index in [0.29, 0.717) is 30.9 Å². The van der Waals surface area contributed by atoms with E-state index >= 15 is 0 Å². The van der Waals surface area contributed by atoms with Crippen molar-refractivity contribution >= 4 is 27.6 Å². The van der Waals surface area contributed by atoms with Crippen LogP contribution in [0.25, 0.3) is 0 Å². The normalized spacial score (nSPS) is 19.2. The summed E-state index contributed by atoms with van der Waals surface area (Å²) in [5.74, 6) is -0.961. The van der Waals surface area contributed by atoms with E-state index < -0.39 is 27.9 Å². The maximum absolute atomic E-state index is 13.5. The van der Waals surface area contributed by atoms with Gasteiger partial charge in [0.15, 0.2) is 0 Å². The lowest BCUT2D eigenvalue weighted by atomic mass is 10.1. The van der Waals surface area contributed by atoms with E-state index in [1.165, 1.54) is 22.4 Å². The number of carbonyl (C=O) groups is 2. The topological polar surface area (TPSA) is 93.2 Å². The van der Waals surface area contributed by atoms with Gasteiger partial charge in [0.1, 0.15) is 6.04 Å². The third kappa shape index (κ3) is 3.84. The molecule has 0 bridgehead atoms. The zero-order valence-corrected chi connectivity index (χ0v) is 18.2. The minimum atomic E-state index is -3.78. The Morgan fingerprint density at radius 2 is 1.81 bits per heavy atom. The minimum absolute atomic E-state index is 0.0855. The number of rotatable bonds is 4. The van der Waals surface area contributed by atoms with Crippen molar-refractivity contribution in [3.05, 3.63) is 59.2 Å². The second-order valence-corrected chi connectivity index (χ2v) is 9.45. The predicted octanol–water partition coefficient (Wildman–Crippen LogP) is 1.76. The molecule has 0 saturated carbocycles. The van der Waals surface area contributed by atoms with Crippen molar-refractivity contribution in [3.63, 3.8) is 0 Å². The van der Waals surface area contributed by atoms with Crippen molar-refractivity contribution in [2.24, 2.45) is 0 Å². The van der Waals surface area contributed by atoms with Crippen LogP contribution in [0.5, 0.6) is 0 Å². The highest BCUT2D eigenvalue weighted by molar-refractivity contribution is 7.89. The number of benzene rings is 2. The molecular formula is C22H24N2O6S. The Labute approximate surface area is 181 Å². The van der Waals surface area contributed by atoms with E-state index in [1.807, 2.05) is 12.1 Å². The van der Waals surface area contributed by atoms with Crippen molar-refractivity contribution < 1.29 is 27.5 Å². The lowest BCUT2D eigenvalue weighted by Gasteiger charge is -2.27. The number of amides is 1. The zero-order chi connectivity index (χ0) is 22.2. The monoisotopic (exact) mass is 444 g/mol. The number of hydrogen-bond donors (Lipinski definition) is 0. The number of sulfonamides is 1. The van der Waals surface area contributed by atoms with Gasteiger partial charge in [-0.25, -0.2) is 13.2 Å². The third-order valence-corrected chi connectivity index (χ3v) is 7.73. The predicted molar refractivity (Wildman–Crippen MR) is 114 cm³/mol. The van der Waals surface area contributed by atoms with Gasteiger partial charge < -0.3 is 9.47 Å². The highest BCUT2D eigenvalue weighted by atomic mass is 32.2. The summed E-state index contributed by atoms with van der Waals surface area (Å²) in [5, 5.41) is 0. The van der Waals surface area contributed by atoms with Crippen LogP contribution < -0.4 is 4.90 Å². The molecule has 2 aliphatic rings. The van der Waals surface area contributed by atoms with Crippen molar-refractivity contribution in [1.29, 1.82) is 0 Å². The van der Waals surface area contributed by atoms with Crippen LogP contribution in [-0.2, 0) is 30.7 Å². The molecule has 0 spiro atoms. The van der Waals surface area contributed by atoms with Crippen LogP contribution in [0, 0.1) is 6.92 Å². The highest BCUT2D eigenvalue weighted by Crippen LogP contribution is 2.34. The van der Waals surface area contributed by atoms with Crippen LogP contribution in [0.15, 0.2) is 47.4 Å². The lowest BCUT2D eigenvalue weighted by Crippen LogP contribution is -2.43. The number of esters is 1.